The molecule has 1 heterocycles. The molecule has 21 heavy (non-hydrogen) atoms. The average Bonchev–Trinajstić information content (AvgIpc) is 2.74. The van der Waals surface area contributed by atoms with Crippen molar-refractivity contribution in [2.75, 3.05) is 0 Å². The first-order valence-electron chi connectivity index (χ1n) is 5.86. The van der Waals surface area contributed by atoms with Gasteiger partial charge >= 0.3 is 0 Å². The number of hydrogen-bond donors (Lipinski definition) is 4. The summed E-state index contributed by atoms with van der Waals surface area (Å²) in [7, 11) is 0. The number of hydrazine groups is 1. The van der Waals surface area contributed by atoms with E-state index in [-0.39, 0.29) is 17.7 Å². The van der Waals surface area contributed by atoms with E-state index in [1.54, 1.807) is 12.1 Å². The Morgan fingerprint density at radius 3 is 2.57 bits per heavy atom. The molecule has 0 bridgehead atoms. The highest BCUT2D eigenvalue weighted by Crippen LogP contribution is 2.21. The highest BCUT2D eigenvalue weighted by atomic mass is 32.2. The van der Waals surface area contributed by atoms with Crippen LogP contribution in [-0.2, 0) is 9.59 Å². The maximum atomic E-state index is 11.7. The number of amides is 4. The minimum absolute atomic E-state index is 0.000891. The number of aromatic hydroxyl groups is 1. The molecule has 0 aliphatic carbocycles. The number of phenolic OH excluding ortho intramolecular Hbond substituents is 1. The van der Waals surface area contributed by atoms with Gasteiger partial charge in [0.15, 0.2) is 0 Å². The first-order valence-corrected chi connectivity index (χ1v) is 6.74. The Bertz CT molecular complexity index is 619. The molecule has 1 aliphatic rings. The van der Waals surface area contributed by atoms with Crippen molar-refractivity contribution in [2.24, 2.45) is 0 Å². The number of rotatable bonds is 3. The number of carbonyl (C=O) groups is 4. The molecule has 1 aromatic carbocycles. The monoisotopic (exact) mass is 309 g/mol. The van der Waals surface area contributed by atoms with Gasteiger partial charge in [0.1, 0.15) is 11.0 Å². The zero-order valence-electron chi connectivity index (χ0n) is 10.6. The van der Waals surface area contributed by atoms with E-state index in [4.69, 9.17) is 0 Å². The van der Waals surface area contributed by atoms with Crippen molar-refractivity contribution in [2.45, 2.75) is 11.7 Å². The van der Waals surface area contributed by atoms with Crippen molar-refractivity contribution < 1.29 is 24.3 Å². The van der Waals surface area contributed by atoms with E-state index in [1.165, 1.54) is 12.1 Å². The summed E-state index contributed by atoms with van der Waals surface area (Å²) in [5, 5.41) is 10.2. The van der Waals surface area contributed by atoms with Gasteiger partial charge in [0, 0.05) is 6.42 Å². The highest BCUT2D eigenvalue weighted by Gasteiger charge is 2.33. The van der Waals surface area contributed by atoms with E-state index in [0.29, 0.717) is 0 Å². The largest absolute Gasteiger partial charge is 0.507 e. The minimum Gasteiger partial charge on any atom is -0.507 e. The number of imide groups is 1. The molecule has 9 heteroatoms. The third kappa shape index (κ3) is 3.72. The Hall–Kier alpha value is -2.55. The van der Waals surface area contributed by atoms with E-state index in [9.17, 15) is 24.3 Å². The van der Waals surface area contributed by atoms with Crippen LogP contribution in [0.2, 0.25) is 0 Å². The zero-order valence-corrected chi connectivity index (χ0v) is 11.4. The molecule has 2 rings (SSSR count). The summed E-state index contributed by atoms with van der Waals surface area (Å²) in [6, 6.07) is 5.83. The van der Waals surface area contributed by atoms with Crippen LogP contribution in [0, 0.1) is 0 Å². The summed E-state index contributed by atoms with van der Waals surface area (Å²) in [6.45, 7) is 0. The van der Waals surface area contributed by atoms with Crippen LogP contribution in [0.4, 0.5) is 4.79 Å². The summed E-state index contributed by atoms with van der Waals surface area (Å²) in [4.78, 5) is 45.5. The van der Waals surface area contributed by atoms with Crippen LogP contribution < -0.4 is 16.2 Å². The fourth-order valence-electron chi connectivity index (χ4n) is 1.61. The fraction of sp³-hybridized carbons (Fsp3) is 0.167. The zero-order chi connectivity index (χ0) is 15.4. The lowest BCUT2D eigenvalue weighted by Crippen LogP contribution is -2.43. The van der Waals surface area contributed by atoms with Crippen molar-refractivity contribution >= 4 is 34.7 Å². The molecule has 4 N–H and O–H groups in total. The van der Waals surface area contributed by atoms with Crippen molar-refractivity contribution in [3.05, 3.63) is 29.8 Å². The lowest BCUT2D eigenvalue weighted by atomic mass is 10.2. The Balaban J connectivity index is 1.84. The van der Waals surface area contributed by atoms with Crippen LogP contribution >= 0.6 is 11.8 Å². The van der Waals surface area contributed by atoms with Gasteiger partial charge in [-0.3, -0.25) is 35.3 Å². The first kappa shape index (κ1) is 14.9. The van der Waals surface area contributed by atoms with Crippen LogP contribution in [0.3, 0.4) is 0 Å². The molecule has 1 saturated heterocycles. The average molecular weight is 309 g/mol. The van der Waals surface area contributed by atoms with Gasteiger partial charge in [-0.2, -0.15) is 0 Å². The van der Waals surface area contributed by atoms with Crippen LogP contribution in [0.25, 0.3) is 0 Å². The van der Waals surface area contributed by atoms with Gasteiger partial charge in [-0.25, -0.2) is 0 Å². The Labute approximate surface area is 123 Å². The maximum Gasteiger partial charge on any atom is 0.286 e. The molecule has 1 atom stereocenters. The van der Waals surface area contributed by atoms with Crippen LogP contribution in [0.1, 0.15) is 16.8 Å². The first-order chi connectivity index (χ1) is 9.97. The minimum atomic E-state index is -0.806. The number of hydrogen-bond acceptors (Lipinski definition) is 6. The van der Waals surface area contributed by atoms with E-state index in [0.717, 1.165) is 11.8 Å². The molecule has 0 unspecified atom stereocenters. The molecule has 4 amide bonds. The summed E-state index contributed by atoms with van der Waals surface area (Å²) in [5.41, 5.74) is 4.23. The van der Waals surface area contributed by atoms with Crippen LogP contribution in [0.5, 0.6) is 5.75 Å². The highest BCUT2D eigenvalue weighted by molar-refractivity contribution is 8.15. The van der Waals surface area contributed by atoms with Crippen molar-refractivity contribution in [1.82, 2.24) is 16.2 Å². The Morgan fingerprint density at radius 1 is 1.24 bits per heavy atom. The summed E-state index contributed by atoms with van der Waals surface area (Å²) >= 11 is 0.722. The second-order valence-electron chi connectivity index (χ2n) is 4.11. The van der Waals surface area contributed by atoms with Crippen molar-refractivity contribution in [3.8, 4) is 5.75 Å². The van der Waals surface area contributed by atoms with Crippen LogP contribution in [0.15, 0.2) is 24.3 Å². The summed E-state index contributed by atoms with van der Waals surface area (Å²) < 4.78 is 0. The van der Waals surface area contributed by atoms with Gasteiger partial charge in [0.2, 0.25) is 11.8 Å². The molecule has 1 fully saturated rings. The molecule has 0 aromatic heterocycles. The number of thioether (sulfide) groups is 1. The second kappa shape index (κ2) is 6.27. The lowest BCUT2D eigenvalue weighted by Gasteiger charge is -2.09. The van der Waals surface area contributed by atoms with E-state index in [2.05, 4.69) is 16.2 Å². The quantitative estimate of drug-likeness (QED) is 0.578. The van der Waals surface area contributed by atoms with Crippen molar-refractivity contribution in [3.63, 3.8) is 0 Å². The van der Waals surface area contributed by atoms with E-state index in [1.807, 2.05) is 0 Å². The smallest absolute Gasteiger partial charge is 0.286 e. The summed E-state index contributed by atoms with van der Waals surface area (Å²) in [5.74, 6) is -2.07. The normalized spacial score (nSPS) is 17.2. The predicted molar refractivity (Wildman–Crippen MR) is 73.3 cm³/mol. The molecule has 110 valence electrons. The molecule has 1 aromatic rings. The fourth-order valence-corrected chi connectivity index (χ4v) is 2.43. The van der Waals surface area contributed by atoms with Gasteiger partial charge in [0.05, 0.1) is 5.56 Å². The standard InChI is InChI=1S/C12H11N3O5S/c16-7-4-2-1-3-6(7)10(18)15-14-9(17)5-8-11(19)13-12(20)21-8/h1-4,8,16H,5H2,(H,14,17)(H,15,18)(H,13,19,20)/t8-/m0/s1. The number of carbonyl (C=O) groups excluding carboxylic acids is 4. The van der Waals surface area contributed by atoms with E-state index >= 15 is 0 Å². The lowest BCUT2D eigenvalue weighted by molar-refractivity contribution is -0.125. The third-order valence-corrected chi connectivity index (χ3v) is 3.58. The Morgan fingerprint density at radius 2 is 1.95 bits per heavy atom. The van der Waals surface area contributed by atoms with Gasteiger partial charge in [-0.1, -0.05) is 23.9 Å². The summed E-state index contributed by atoms with van der Waals surface area (Å²) in [6.07, 6.45) is -0.247. The third-order valence-electron chi connectivity index (χ3n) is 2.60. The predicted octanol–water partition coefficient (Wildman–Crippen LogP) is -0.105. The molecular formula is C12H11N3O5S. The van der Waals surface area contributed by atoms with Gasteiger partial charge in [-0.05, 0) is 12.1 Å². The van der Waals surface area contributed by atoms with Gasteiger partial charge in [-0.15, -0.1) is 0 Å². The molecule has 8 nitrogen and oxygen atoms in total. The molecule has 0 radical (unpaired) electrons. The molecule has 1 aliphatic heterocycles. The van der Waals surface area contributed by atoms with Crippen molar-refractivity contribution in [1.29, 1.82) is 0 Å². The Kier molecular flexibility index (Phi) is 4.43. The SMILES string of the molecule is O=C(C[C@@H]1SC(=O)NC1=O)NNC(=O)c1ccccc1O. The van der Waals surface area contributed by atoms with Crippen LogP contribution in [-0.4, -0.2) is 33.3 Å². The maximum absolute atomic E-state index is 11.7. The number of benzene rings is 1. The molecule has 0 spiro atoms. The second-order valence-corrected chi connectivity index (χ2v) is 5.28. The number of phenols is 1. The topological polar surface area (TPSA) is 125 Å². The van der Waals surface area contributed by atoms with Gasteiger partial charge < -0.3 is 5.11 Å². The molecular weight excluding hydrogens is 298 g/mol. The van der Waals surface area contributed by atoms with Gasteiger partial charge in [0.25, 0.3) is 11.1 Å². The number of nitrogens with one attached hydrogen (secondary N) is 3. The van der Waals surface area contributed by atoms with E-state index < -0.39 is 28.2 Å². The molecule has 0 saturated carbocycles. The number of para-hydroxylation sites is 1.